The monoisotopic (exact) mass is 447 g/mol. The molecule has 1 aliphatic heterocycles. The topological polar surface area (TPSA) is 45.5 Å². The highest BCUT2D eigenvalue weighted by atomic mass is 127. The molecule has 2 aromatic carbocycles. The van der Waals surface area contributed by atoms with Crippen LogP contribution in [-0.2, 0) is 20.0 Å². The highest BCUT2D eigenvalue weighted by Gasteiger charge is 2.22. The number of nitrogens with zero attached hydrogens (tertiary/aromatic N) is 4. The molecule has 1 N–H and O–H groups in total. The molecule has 0 radical (unpaired) electrons. The molecular formula is C19H22IN5. The zero-order chi connectivity index (χ0) is 16.5. The maximum absolute atomic E-state index is 4.72. The van der Waals surface area contributed by atoms with Crippen LogP contribution in [0.25, 0.3) is 11.0 Å². The number of nitrogens with one attached hydrogen (secondary N) is 1. The second-order valence-electron chi connectivity index (χ2n) is 6.01. The van der Waals surface area contributed by atoms with Crippen LogP contribution in [0.2, 0.25) is 0 Å². The third kappa shape index (κ3) is 3.22. The van der Waals surface area contributed by atoms with Gasteiger partial charge >= 0.3 is 0 Å². The summed E-state index contributed by atoms with van der Waals surface area (Å²) in [6.45, 7) is 1.61. The highest BCUT2D eigenvalue weighted by molar-refractivity contribution is 14.0. The number of aromatic nitrogens is 2. The molecule has 4 rings (SSSR count). The van der Waals surface area contributed by atoms with E-state index < -0.39 is 0 Å². The van der Waals surface area contributed by atoms with Crippen LogP contribution in [0.1, 0.15) is 11.4 Å². The number of para-hydroxylation sites is 3. The number of anilines is 1. The van der Waals surface area contributed by atoms with Crippen molar-refractivity contribution in [1.29, 1.82) is 0 Å². The van der Waals surface area contributed by atoms with Crippen LogP contribution in [0, 0.1) is 0 Å². The summed E-state index contributed by atoms with van der Waals surface area (Å²) in [7, 11) is 3.89. The van der Waals surface area contributed by atoms with Crippen molar-refractivity contribution >= 4 is 46.7 Å². The lowest BCUT2D eigenvalue weighted by Gasteiger charge is -2.22. The first-order valence-electron chi connectivity index (χ1n) is 8.24. The fourth-order valence-electron chi connectivity index (χ4n) is 3.37. The number of benzene rings is 2. The van der Waals surface area contributed by atoms with E-state index in [1.54, 1.807) is 0 Å². The van der Waals surface area contributed by atoms with Crippen LogP contribution in [0.5, 0.6) is 0 Å². The lowest BCUT2D eigenvalue weighted by Crippen LogP contribution is -2.40. The number of aliphatic imine (C=N–C) groups is 1. The van der Waals surface area contributed by atoms with Gasteiger partial charge in [-0.3, -0.25) is 4.99 Å². The molecule has 1 aromatic heterocycles. The number of guanidine groups is 1. The molecule has 0 saturated heterocycles. The van der Waals surface area contributed by atoms with Gasteiger partial charge in [-0.15, -0.1) is 24.0 Å². The molecule has 3 aromatic rings. The van der Waals surface area contributed by atoms with Gasteiger partial charge in [0.25, 0.3) is 0 Å². The first kappa shape index (κ1) is 17.7. The first-order valence-corrected chi connectivity index (χ1v) is 8.24. The lowest BCUT2D eigenvalue weighted by molar-refractivity contribution is 0.753. The summed E-state index contributed by atoms with van der Waals surface area (Å²) in [5, 5.41) is 3.46. The maximum Gasteiger partial charge on any atom is 0.198 e. The summed E-state index contributed by atoms with van der Waals surface area (Å²) in [4.78, 5) is 11.4. The number of hydrogen-bond acceptors (Lipinski definition) is 2. The van der Waals surface area contributed by atoms with Gasteiger partial charge in [0.1, 0.15) is 5.82 Å². The van der Waals surface area contributed by atoms with Crippen LogP contribution in [-0.4, -0.2) is 29.1 Å². The number of halogens is 1. The summed E-state index contributed by atoms with van der Waals surface area (Å²) >= 11 is 0. The molecule has 0 spiro atoms. The van der Waals surface area contributed by atoms with Gasteiger partial charge < -0.3 is 14.8 Å². The van der Waals surface area contributed by atoms with Gasteiger partial charge in [0.15, 0.2) is 5.96 Å². The molecule has 130 valence electrons. The Hall–Kier alpha value is -2.09. The number of fused-ring (bicyclic) bond motifs is 2. The van der Waals surface area contributed by atoms with E-state index in [-0.39, 0.29) is 24.0 Å². The van der Waals surface area contributed by atoms with Gasteiger partial charge in [0.05, 0.1) is 17.6 Å². The standard InChI is InChI=1S/C19H21N5.HI/c1-20-19(24-12-11-14-7-3-5-9-16(14)24)21-13-18-22-15-8-4-6-10-17(15)23(18)2;/h3-10H,11-13H2,1-2H3,(H,20,21);1H. The Morgan fingerprint density at radius 3 is 2.72 bits per heavy atom. The maximum atomic E-state index is 4.72. The van der Waals surface area contributed by atoms with Gasteiger partial charge in [-0.25, -0.2) is 4.98 Å². The van der Waals surface area contributed by atoms with E-state index in [1.807, 2.05) is 25.2 Å². The molecular weight excluding hydrogens is 425 g/mol. The minimum Gasteiger partial charge on any atom is -0.349 e. The van der Waals surface area contributed by atoms with Crippen molar-refractivity contribution in [1.82, 2.24) is 14.9 Å². The van der Waals surface area contributed by atoms with Crippen LogP contribution < -0.4 is 10.2 Å². The third-order valence-electron chi connectivity index (χ3n) is 4.64. The lowest BCUT2D eigenvalue weighted by atomic mass is 10.2. The molecule has 6 heteroatoms. The predicted octanol–water partition coefficient (Wildman–Crippen LogP) is 3.33. The van der Waals surface area contributed by atoms with E-state index >= 15 is 0 Å². The molecule has 0 unspecified atom stereocenters. The predicted molar refractivity (Wildman–Crippen MR) is 114 cm³/mol. The van der Waals surface area contributed by atoms with Crippen molar-refractivity contribution in [3.8, 4) is 0 Å². The van der Waals surface area contributed by atoms with Gasteiger partial charge in [0.2, 0.25) is 0 Å². The second-order valence-corrected chi connectivity index (χ2v) is 6.01. The summed E-state index contributed by atoms with van der Waals surface area (Å²) in [5.74, 6) is 1.90. The van der Waals surface area contributed by atoms with Gasteiger partial charge in [0, 0.05) is 26.3 Å². The number of hydrogen-bond donors (Lipinski definition) is 1. The molecule has 1 aliphatic rings. The quantitative estimate of drug-likeness (QED) is 0.373. The summed E-state index contributed by atoms with van der Waals surface area (Å²) < 4.78 is 2.13. The molecule has 0 bridgehead atoms. The summed E-state index contributed by atoms with van der Waals surface area (Å²) in [6.07, 6.45) is 1.06. The van der Waals surface area contributed by atoms with E-state index in [1.165, 1.54) is 11.3 Å². The smallest absolute Gasteiger partial charge is 0.198 e. The SMILES string of the molecule is CN=C(NCc1nc2ccccc2n1C)N1CCc2ccccc21.I. The fourth-order valence-corrected chi connectivity index (χ4v) is 3.37. The number of rotatable bonds is 2. The van der Waals surface area contributed by atoms with Crippen LogP contribution in [0.4, 0.5) is 5.69 Å². The Labute approximate surface area is 164 Å². The largest absolute Gasteiger partial charge is 0.349 e. The van der Waals surface area contributed by atoms with Crippen LogP contribution >= 0.6 is 24.0 Å². The molecule has 2 heterocycles. The van der Waals surface area contributed by atoms with Crippen LogP contribution in [0.3, 0.4) is 0 Å². The Kier molecular flexibility index (Phi) is 5.27. The summed E-state index contributed by atoms with van der Waals surface area (Å²) in [6, 6.07) is 16.7. The Morgan fingerprint density at radius 1 is 1.16 bits per heavy atom. The molecule has 5 nitrogen and oxygen atoms in total. The van der Waals surface area contributed by atoms with Crippen LogP contribution in [0.15, 0.2) is 53.5 Å². The zero-order valence-corrected chi connectivity index (χ0v) is 16.8. The van der Waals surface area contributed by atoms with Gasteiger partial charge in [-0.05, 0) is 30.2 Å². The third-order valence-corrected chi connectivity index (χ3v) is 4.64. The average Bonchev–Trinajstić information content (AvgIpc) is 3.18. The van der Waals surface area contributed by atoms with Crippen molar-refractivity contribution in [2.45, 2.75) is 13.0 Å². The molecule has 25 heavy (non-hydrogen) atoms. The van der Waals surface area contributed by atoms with Crippen molar-refractivity contribution in [3.63, 3.8) is 0 Å². The van der Waals surface area contributed by atoms with Crippen molar-refractivity contribution in [3.05, 3.63) is 59.9 Å². The Morgan fingerprint density at radius 2 is 1.92 bits per heavy atom. The zero-order valence-electron chi connectivity index (χ0n) is 14.4. The molecule has 0 fully saturated rings. The second kappa shape index (κ2) is 7.43. The highest BCUT2D eigenvalue weighted by Crippen LogP contribution is 2.27. The van der Waals surface area contributed by atoms with Crippen molar-refractivity contribution in [2.75, 3.05) is 18.5 Å². The van der Waals surface area contributed by atoms with E-state index in [4.69, 9.17) is 4.98 Å². The Balaban J connectivity index is 0.00000182. The summed E-state index contributed by atoms with van der Waals surface area (Å²) in [5.41, 5.74) is 4.80. The van der Waals surface area contributed by atoms with Gasteiger partial charge in [-0.1, -0.05) is 30.3 Å². The fraction of sp³-hybridized carbons (Fsp3) is 0.263. The molecule has 0 atom stereocenters. The average molecular weight is 447 g/mol. The van der Waals surface area contributed by atoms with Gasteiger partial charge in [-0.2, -0.15) is 0 Å². The molecule has 0 aliphatic carbocycles. The van der Waals surface area contributed by atoms with E-state index in [2.05, 4.69) is 57.2 Å². The minimum absolute atomic E-state index is 0. The van der Waals surface area contributed by atoms with E-state index in [0.717, 1.165) is 35.8 Å². The van der Waals surface area contributed by atoms with Crippen molar-refractivity contribution < 1.29 is 0 Å². The first-order chi connectivity index (χ1) is 11.8. The number of aryl methyl sites for hydroxylation is 1. The van der Waals surface area contributed by atoms with E-state index in [9.17, 15) is 0 Å². The Bertz CT molecular complexity index is 915. The molecule has 0 amide bonds. The number of imidazole rings is 1. The van der Waals surface area contributed by atoms with E-state index in [0.29, 0.717) is 6.54 Å². The normalized spacial score (nSPS) is 13.7. The molecule has 0 saturated carbocycles. The minimum atomic E-state index is 0. The van der Waals surface area contributed by atoms with Crippen molar-refractivity contribution in [2.24, 2.45) is 12.0 Å².